The molecule has 0 aromatic carbocycles. The molecule has 3 aliphatic rings. The molecule has 30 heavy (non-hydrogen) atoms. The van der Waals surface area contributed by atoms with Crippen molar-refractivity contribution in [1.29, 1.82) is 0 Å². The predicted molar refractivity (Wildman–Crippen MR) is 120 cm³/mol. The summed E-state index contributed by atoms with van der Waals surface area (Å²) in [5, 5.41) is 7.68. The molecule has 2 atom stereocenters. The first-order valence-corrected chi connectivity index (χ1v) is 12.5. The number of anilines is 1. The van der Waals surface area contributed by atoms with Gasteiger partial charge in [-0.1, -0.05) is 6.08 Å². The zero-order valence-electron chi connectivity index (χ0n) is 17.5. The van der Waals surface area contributed by atoms with Crippen molar-refractivity contribution in [1.82, 2.24) is 24.5 Å². The van der Waals surface area contributed by atoms with Gasteiger partial charge in [0.2, 0.25) is 0 Å². The Morgan fingerprint density at radius 2 is 2.03 bits per heavy atom. The number of piperazine rings is 1. The Morgan fingerprint density at radius 1 is 1.27 bits per heavy atom. The molecule has 1 saturated heterocycles. The predicted octanol–water partition coefficient (Wildman–Crippen LogP) is 1.76. The van der Waals surface area contributed by atoms with Gasteiger partial charge < -0.3 is 9.64 Å². The van der Waals surface area contributed by atoms with Crippen molar-refractivity contribution in [2.24, 2.45) is 0 Å². The van der Waals surface area contributed by atoms with E-state index in [1.807, 2.05) is 10.4 Å². The third-order valence-electron chi connectivity index (χ3n) is 6.18. The minimum atomic E-state index is -2.16. The van der Waals surface area contributed by atoms with Gasteiger partial charge in [-0.2, -0.15) is 5.10 Å². The fourth-order valence-corrected chi connectivity index (χ4v) is 5.04. The number of H-pyrrole nitrogens is 1. The molecule has 2 unspecified atom stereocenters. The zero-order valence-corrected chi connectivity index (χ0v) is 18.3. The van der Waals surface area contributed by atoms with Crippen LogP contribution in [0.4, 0.5) is 5.82 Å². The van der Waals surface area contributed by atoms with Crippen LogP contribution in [0, 0.1) is 0 Å². The number of aromatic nitrogens is 4. The summed E-state index contributed by atoms with van der Waals surface area (Å²) >= 11 is 0. The van der Waals surface area contributed by atoms with Gasteiger partial charge in [-0.25, -0.2) is 14.3 Å². The van der Waals surface area contributed by atoms with Gasteiger partial charge in [-0.05, 0) is 31.7 Å². The Bertz CT molecular complexity index is 1080. The van der Waals surface area contributed by atoms with E-state index in [1.54, 1.807) is 12.6 Å². The van der Waals surface area contributed by atoms with Crippen LogP contribution in [0.3, 0.4) is 0 Å². The van der Waals surface area contributed by atoms with Crippen LogP contribution in [-0.2, 0) is 20.9 Å². The molecule has 0 radical (unpaired) electrons. The number of fused-ring (bicyclic) bond motifs is 1. The molecule has 0 bridgehead atoms. The summed E-state index contributed by atoms with van der Waals surface area (Å²) < 4.78 is 20.4. The summed E-state index contributed by atoms with van der Waals surface area (Å²) in [4.78, 5) is 11.2. The molecule has 2 aliphatic carbocycles. The van der Waals surface area contributed by atoms with E-state index in [2.05, 4.69) is 50.0 Å². The van der Waals surface area contributed by atoms with Gasteiger partial charge >= 0.3 is 0 Å². The van der Waals surface area contributed by atoms with Crippen molar-refractivity contribution in [3.63, 3.8) is 0 Å². The lowest BCUT2D eigenvalue weighted by molar-refractivity contribution is 0.00641. The van der Waals surface area contributed by atoms with E-state index in [-0.39, 0.29) is 11.7 Å². The van der Waals surface area contributed by atoms with E-state index in [1.165, 1.54) is 0 Å². The van der Waals surface area contributed by atoms with E-state index >= 15 is 0 Å². The average molecular weight is 429 g/mol. The molecule has 8 nitrogen and oxygen atoms in total. The smallest absolute Gasteiger partial charge is 0.132 e. The topological polar surface area (TPSA) is 87.2 Å². The normalized spacial score (nSPS) is 25.0. The molecule has 1 saturated carbocycles. The highest BCUT2D eigenvalue weighted by Crippen LogP contribution is 2.41. The van der Waals surface area contributed by atoms with Crippen LogP contribution in [0.15, 0.2) is 18.5 Å². The van der Waals surface area contributed by atoms with E-state index in [0.29, 0.717) is 13.1 Å². The maximum atomic E-state index is 12.2. The fourth-order valence-electron chi connectivity index (χ4n) is 4.10. The second kappa shape index (κ2) is 7.18. The zero-order chi connectivity index (χ0) is 20.9. The molecule has 2 aromatic heterocycles. The monoisotopic (exact) mass is 428 g/mol. The van der Waals surface area contributed by atoms with Gasteiger partial charge in [0.1, 0.15) is 17.8 Å². The van der Waals surface area contributed by atoms with Crippen molar-refractivity contribution in [3.05, 3.63) is 29.7 Å². The minimum absolute atomic E-state index is 0.0382. The number of hydrogen-bond acceptors (Lipinski definition) is 6. The van der Waals surface area contributed by atoms with Crippen LogP contribution in [0.1, 0.15) is 31.0 Å². The molecule has 5 rings (SSSR count). The lowest BCUT2D eigenvalue weighted by Gasteiger charge is -2.35. The van der Waals surface area contributed by atoms with Crippen LogP contribution < -0.4 is 4.90 Å². The number of rotatable bonds is 5. The number of aromatic amines is 1. The summed E-state index contributed by atoms with van der Waals surface area (Å²) in [6.07, 6.45) is 10.6. The molecule has 3 heterocycles. The average Bonchev–Trinajstić information content (AvgIpc) is 3.30. The third-order valence-corrected chi connectivity index (χ3v) is 7.63. The van der Waals surface area contributed by atoms with Gasteiger partial charge in [-0.3, -0.25) is 9.31 Å². The molecule has 160 valence electrons. The summed E-state index contributed by atoms with van der Waals surface area (Å²) in [6.45, 7) is 5.10. The lowest BCUT2D eigenvalue weighted by atomic mass is 9.98. The Labute approximate surface area is 177 Å². The lowest BCUT2D eigenvalue weighted by Crippen LogP contribution is -2.48. The van der Waals surface area contributed by atoms with Crippen molar-refractivity contribution in [3.8, 4) is 11.4 Å². The molecule has 2 aromatic rings. The number of hydrogen-bond donors (Lipinski definition) is 1. The summed E-state index contributed by atoms with van der Waals surface area (Å²) in [6, 6.07) is 2.00. The second-order valence-electron chi connectivity index (χ2n) is 8.77. The molecule has 9 heteroatoms. The molecule has 1 aliphatic heterocycles. The van der Waals surface area contributed by atoms with E-state index in [4.69, 9.17) is 4.74 Å². The maximum Gasteiger partial charge on any atom is 0.132 e. The van der Waals surface area contributed by atoms with Gasteiger partial charge in [-0.15, -0.1) is 0 Å². The molecule has 2 fully saturated rings. The third kappa shape index (κ3) is 3.89. The number of nitrogens with zero attached hydrogens (tertiary/aromatic N) is 5. The first kappa shape index (κ1) is 19.7. The van der Waals surface area contributed by atoms with Gasteiger partial charge in [0.15, 0.2) is 0 Å². The Kier molecular flexibility index (Phi) is 4.72. The quantitative estimate of drug-likeness (QED) is 0.731. The van der Waals surface area contributed by atoms with E-state index in [0.717, 1.165) is 60.8 Å². The standard InChI is InChI=1S/C21H28N6O2S/c1-21(6-7-21)29-15-4-5-17-16(12-15)20(25-24-17)18-13-19(23-14-22-18)26-8-10-27(11-9-26)30(2,3)28/h4-5,13-15H,2,6-12H2,1,3H3,(H,24,25). The first-order chi connectivity index (χ1) is 14.3. The van der Waals surface area contributed by atoms with Crippen LogP contribution in [0.5, 0.6) is 0 Å². The van der Waals surface area contributed by atoms with Crippen molar-refractivity contribution >= 4 is 27.5 Å². The van der Waals surface area contributed by atoms with E-state index < -0.39 is 9.71 Å². The van der Waals surface area contributed by atoms with Crippen LogP contribution in [0.25, 0.3) is 17.5 Å². The highest BCUT2D eigenvalue weighted by Gasteiger charge is 2.41. The minimum Gasteiger partial charge on any atom is -0.368 e. The van der Waals surface area contributed by atoms with Crippen LogP contribution in [-0.4, -0.2) is 78.7 Å². The van der Waals surface area contributed by atoms with Crippen molar-refractivity contribution in [2.45, 2.75) is 37.9 Å². The molecule has 0 spiro atoms. The highest BCUT2D eigenvalue weighted by atomic mass is 32.2. The molecule has 1 N–H and O–H groups in total. The van der Waals surface area contributed by atoms with Gasteiger partial charge in [0, 0.05) is 60.2 Å². The molecule has 0 amide bonds. The Balaban J connectivity index is 1.35. The summed E-state index contributed by atoms with van der Waals surface area (Å²) in [5.41, 5.74) is 3.87. The SMILES string of the molecule is C=S(C)(=O)N1CCN(c2cc(-c3n[nH]c4c3CC(OC3(C)CC3)C=C4)ncn2)CC1. The van der Waals surface area contributed by atoms with Crippen LogP contribution >= 0.6 is 0 Å². The first-order valence-electron chi connectivity index (χ1n) is 10.4. The van der Waals surface area contributed by atoms with Crippen LogP contribution in [0.2, 0.25) is 0 Å². The van der Waals surface area contributed by atoms with Crippen molar-refractivity contribution in [2.75, 3.05) is 37.3 Å². The highest BCUT2D eigenvalue weighted by molar-refractivity contribution is 7.97. The maximum absolute atomic E-state index is 12.2. The summed E-state index contributed by atoms with van der Waals surface area (Å²) in [7, 11) is -2.16. The Morgan fingerprint density at radius 3 is 2.73 bits per heavy atom. The fraction of sp³-hybridized carbons (Fsp3) is 0.524. The molecular formula is C21H28N6O2S. The van der Waals surface area contributed by atoms with Gasteiger partial charge in [0.25, 0.3) is 0 Å². The van der Waals surface area contributed by atoms with Gasteiger partial charge in [0.05, 0.1) is 23.1 Å². The Hall–Kier alpha value is -2.23. The largest absolute Gasteiger partial charge is 0.368 e. The summed E-state index contributed by atoms with van der Waals surface area (Å²) in [5.74, 6) is 4.66. The molecular weight excluding hydrogens is 400 g/mol. The number of nitrogens with one attached hydrogen (secondary N) is 1. The van der Waals surface area contributed by atoms with Crippen molar-refractivity contribution < 1.29 is 8.95 Å². The van der Waals surface area contributed by atoms with E-state index in [9.17, 15) is 4.21 Å². The number of ether oxygens (including phenoxy) is 1. The second-order valence-corrected chi connectivity index (χ2v) is 11.2.